The van der Waals surface area contributed by atoms with Crippen LogP contribution in [0, 0.1) is 0 Å². The molecule has 0 radical (unpaired) electrons. The molecule has 3 rings (SSSR count). The van der Waals surface area contributed by atoms with E-state index >= 15 is 0 Å². The molecule has 0 bridgehead atoms. The lowest BCUT2D eigenvalue weighted by Crippen LogP contribution is -2.16. The van der Waals surface area contributed by atoms with E-state index in [2.05, 4.69) is 5.10 Å². The van der Waals surface area contributed by atoms with Gasteiger partial charge in [-0.1, -0.05) is 18.2 Å². The number of hydrogen-bond acceptors (Lipinski definition) is 4. The molecule has 0 saturated carbocycles. The van der Waals surface area contributed by atoms with Gasteiger partial charge in [-0.25, -0.2) is 0 Å². The number of methoxy groups -OCH3 is 1. The lowest BCUT2D eigenvalue weighted by atomic mass is 10.1. The van der Waals surface area contributed by atoms with Crippen molar-refractivity contribution < 1.29 is 9.15 Å². The zero-order valence-electron chi connectivity index (χ0n) is 10.8. The number of aryl methyl sites for hydroxylation is 1. The maximum Gasteiger partial charge on any atom is 0.162 e. The molecule has 0 spiro atoms. The third kappa shape index (κ3) is 1.88. The summed E-state index contributed by atoms with van der Waals surface area (Å²) in [5.74, 6) is 1.36. The SMILES string of the molecule is COc1cnn(C)c1C(N)c1cc2ccccc2o1. The lowest BCUT2D eigenvalue weighted by Gasteiger charge is -2.11. The maximum atomic E-state index is 6.27. The molecule has 2 N–H and O–H groups in total. The highest BCUT2D eigenvalue weighted by atomic mass is 16.5. The summed E-state index contributed by atoms with van der Waals surface area (Å²) in [6.07, 6.45) is 1.65. The number of nitrogens with two attached hydrogens (primary N) is 1. The van der Waals surface area contributed by atoms with Gasteiger partial charge < -0.3 is 14.9 Å². The Morgan fingerprint density at radius 1 is 1.37 bits per heavy atom. The van der Waals surface area contributed by atoms with E-state index < -0.39 is 6.04 Å². The van der Waals surface area contributed by atoms with Crippen molar-refractivity contribution in [3.8, 4) is 5.75 Å². The van der Waals surface area contributed by atoms with Crippen molar-refractivity contribution in [2.45, 2.75) is 6.04 Å². The Morgan fingerprint density at radius 3 is 2.89 bits per heavy atom. The molecule has 19 heavy (non-hydrogen) atoms. The minimum Gasteiger partial charge on any atom is -0.493 e. The van der Waals surface area contributed by atoms with Crippen LogP contribution in [0.15, 0.2) is 40.9 Å². The number of fused-ring (bicyclic) bond motifs is 1. The maximum absolute atomic E-state index is 6.27. The summed E-state index contributed by atoms with van der Waals surface area (Å²) in [5.41, 5.74) is 7.89. The quantitative estimate of drug-likeness (QED) is 0.781. The summed E-state index contributed by atoms with van der Waals surface area (Å²) in [7, 11) is 3.44. The molecule has 0 amide bonds. The number of ether oxygens (including phenoxy) is 1. The second-order valence-electron chi connectivity index (χ2n) is 4.39. The van der Waals surface area contributed by atoms with E-state index in [1.807, 2.05) is 37.4 Å². The first-order chi connectivity index (χ1) is 9.20. The number of benzene rings is 1. The highest BCUT2D eigenvalue weighted by Crippen LogP contribution is 2.30. The number of hydrogen-bond donors (Lipinski definition) is 1. The number of nitrogens with zero attached hydrogens (tertiary/aromatic N) is 2. The summed E-state index contributed by atoms with van der Waals surface area (Å²) in [6, 6.07) is 9.37. The van der Waals surface area contributed by atoms with Crippen molar-refractivity contribution in [2.24, 2.45) is 12.8 Å². The Balaban J connectivity index is 2.07. The first-order valence-corrected chi connectivity index (χ1v) is 6.00. The molecule has 0 aliphatic heterocycles. The van der Waals surface area contributed by atoms with Crippen LogP contribution in [0.2, 0.25) is 0 Å². The summed E-state index contributed by atoms with van der Waals surface area (Å²) in [5, 5.41) is 5.19. The van der Waals surface area contributed by atoms with Crippen LogP contribution in [0.25, 0.3) is 11.0 Å². The molecule has 1 aromatic carbocycles. The molecule has 3 aromatic rings. The molecular weight excluding hydrogens is 242 g/mol. The van der Waals surface area contributed by atoms with Gasteiger partial charge in [-0.3, -0.25) is 4.68 Å². The Bertz CT molecular complexity index is 681. The van der Waals surface area contributed by atoms with Gasteiger partial charge >= 0.3 is 0 Å². The number of rotatable bonds is 3. The smallest absolute Gasteiger partial charge is 0.162 e. The van der Waals surface area contributed by atoms with Gasteiger partial charge in [-0.05, 0) is 12.1 Å². The third-order valence-electron chi connectivity index (χ3n) is 3.21. The normalized spacial score (nSPS) is 12.8. The zero-order chi connectivity index (χ0) is 13.4. The second kappa shape index (κ2) is 4.44. The number of aromatic nitrogens is 2. The Kier molecular flexibility index (Phi) is 2.76. The largest absolute Gasteiger partial charge is 0.493 e. The molecule has 0 saturated heterocycles. The number of para-hydroxylation sites is 1. The molecule has 5 nitrogen and oxygen atoms in total. The van der Waals surface area contributed by atoms with Gasteiger partial charge in [0.25, 0.3) is 0 Å². The van der Waals surface area contributed by atoms with Crippen molar-refractivity contribution in [1.29, 1.82) is 0 Å². The minimum atomic E-state index is -0.408. The first-order valence-electron chi connectivity index (χ1n) is 6.00. The fraction of sp³-hybridized carbons (Fsp3) is 0.214. The van der Waals surface area contributed by atoms with Crippen LogP contribution in [0.3, 0.4) is 0 Å². The topological polar surface area (TPSA) is 66.2 Å². The van der Waals surface area contributed by atoms with Gasteiger partial charge in [-0.2, -0.15) is 5.10 Å². The highest BCUT2D eigenvalue weighted by Gasteiger charge is 2.22. The summed E-state index contributed by atoms with van der Waals surface area (Å²) >= 11 is 0. The standard InChI is InChI=1S/C14H15N3O2/c1-17-14(12(18-2)8-16-17)13(15)11-7-9-5-3-4-6-10(9)19-11/h3-8,13H,15H2,1-2H3. The van der Waals surface area contributed by atoms with Crippen molar-refractivity contribution >= 4 is 11.0 Å². The van der Waals surface area contributed by atoms with Crippen LogP contribution in [0.1, 0.15) is 17.5 Å². The van der Waals surface area contributed by atoms with Crippen LogP contribution in [-0.4, -0.2) is 16.9 Å². The lowest BCUT2D eigenvalue weighted by molar-refractivity contribution is 0.401. The van der Waals surface area contributed by atoms with Crippen molar-refractivity contribution in [1.82, 2.24) is 9.78 Å². The van der Waals surface area contributed by atoms with Gasteiger partial charge in [0.1, 0.15) is 23.1 Å². The third-order valence-corrected chi connectivity index (χ3v) is 3.21. The van der Waals surface area contributed by atoms with E-state index in [0.29, 0.717) is 11.5 Å². The molecular formula is C14H15N3O2. The van der Waals surface area contributed by atoms with Crippen molar-refractivity contribution in [3.05, 3.63) is 48.0 Å². The summed E-state index contributed by atoms with van der Waals surface area (Å²) < 4.78 is 12.8. The fourth-order valence-corrected chi connectivity index (χ4v) is 2.23. The molecule has 0 aliphatic rings. The van der Waals surface area contributed by atoms with E-state index in [4.69, 9.17) is 14.9 Å². The molecule has 1 atom stereocenters. The summed E-state index contributed by atoms with van der Waals surface area (Å²) in [6.45, 7) is 0. The van der Waals surface area contributed by atoms with Crippen LogP contribution >= 0.6 is 0 Å². The van der Waals surface area contributed by atoms with Crippen molar-refractivity contribution in [2.75, 3.05) is 7.11 Å². The molecule has 2 heterocycles. The van der Waals surface area contributed by atoms with E-state index in [9.17, 15) is 0 Å². The molecule has 2 aromatic heterocycles. The van der Waals surface area contributed by atoms with Crippen LogP contribution in [0.5, 0.6) is 5.75 Å². The Labute approximate surface area is 110 Å². The van der Waals surface area contributed by atoms with Crippen molar-refractivity contribution in [3.63, 3.8) is 0 Å². The van der Waals surface area contributed by atoms with Gasteiger partial charge in [0.2, 0.25) is 0 Å². The van der Waals surface area contributed by atoms with E-state index in [1.54, 1.807) is 18.0 Å². The monoisotopic (exact) mass is 257 g/mol. The first kappa shape index (κ1) is 11.8. The second-order valence-corrected chi connectivity index (χ2v) is 4.39. The van der Waals surface area contributed by atoms with Gasteiger partial charge in [0.05, 0.1) is 13.3 Å². The predicted octanol–water partition coefficient (Wildman–Crippen LogP) is 2.22. The van der Waals surface area contributed by atoms with Crippen LogP contribution in [0.4, 0.5) is 0 Å². The Hall–Kier alpha value is -2.27. The molecule has 0 aliphatic carbocycles. The molecule has 0 fully saturated rings. The van der Waals surface area contributed by atoms with E-state index in [-0.39, 0.29) is 0 Å². The molecule has 98 valence electrons. The highest BCUT2D eigenvalue weighted by molar-refractivity contribution is 5.77. The Morgan fingerprint density at radius 2 is 2.16 bits per heavy atom. The fourth-order valence-electron chi connectivity index (χ4n) is 2.23. The van der Waals surface area contributed by atoms with Crippen LogP contribution < -0.4 is 10.5 Å². The van der Waals surface area contributed by atoms with E-state index in [0.717, 1.165) is 16.7 Å². The van der Waals surface area contributed by atoms with Gasteiger partial charge in [0.15, 0.2) is 5.75 Å². The average Bonchev–Trinajstić information content (AvgIpc) is 3.01. The summed E-state index contributed by atoms with van der Waals surface area (Å²) in [4.78, 5) is 0. The predicted molar refractivity (Wildman–Crippen MR) is 72.0 cm³/mol. The average molecular weight is 257 g/mol. The van der Waals surface area contributed by atoms with Crippen LogP contribution in [-0.2, 0) is 7.05 Å². The zero-order valence-corrected chi connectivity index (χ0v) is 10.8. The molecule has 5 heteroatoms. The van der Waals surface area contributed by atoms with E-state index in [1.165, 1.54) is 0 Å². The van der Waals surface area contributed by atoms with Gasteiger partial charge in [-0.15, -0.1) is 0 Å². The number of furan rings is 1. The molecule has 1 unspecified atom stereocenters. The minimum absolute atomic E-state index is 0.408. The van der Waals surface area contributed by atoms with Gasteiger partial charge in [0, 0.05) is 12.4 Å².